The maximum absolute atomic E-state index is 12.3. The molecular weight excluding hydrogens is 387 g/mol. The minimum absolute atomic E-state index is 0.0431. The highest BCUT2D eigenvalue weighted by Gasteiger charge is 2.28. The highest BCUT2D eigenvalue weighted by atomic mass is 19.4. The summed E-state index contributed by atoms with van der Waals surface area (Å²) in [6, 6.07) is 14.9. The number of carbonyl (C=O) groups is 2. The van der Waals surface area contributed by atoms with E-state index in [1.807, 2.05) is 30.3 Å². The first-order chi connectivity index (χ1) is 13.7. The van der Waals surface area contributed by atoms with E-state index in [1.54, 1.807) is 13.1 Å². The smallest absolute Gasteiger partial charge is 0.422 e. The van der Waals surface area contributed by atoms with Gasteiger partial charge in [-0.05, 0) is 17.7 Å². The topological polar surface area (TPSA) is 70.7 Å². The number of rotatable bonds is 8. The number of para-hydroxylation sites is 2. The predicted molar refractivity (Wildman–Crippen MR) is 103 cm³/mol. The first-order valence-electron chi connectivity index (χ1n) is 8.86. The van der Waals surface area contributed by atoms with Gasteiger partial charge in [-0.3, -0.25) is 4.79 Å². The summed E-state index contributed by atoms with van der Waals surface area (Å²) in [5.74, 6) is -0.538. The van der Waals surface area contributed by atoms with E-state index < -0.39 is 18.7 Å². The number of carbonyl (C=O) groups excluding carboxylic acids is 2. The molecule has 0 fully saturated rings. The van der Waals surface area contributed by atoms with E-state index in [4.69, 9.17) is 4.74 Å². The molecular formula is C20H22F3N3O3. The molecule has 156 valence electrons. The number of nitrogens with one attached hydrogen (secondary N) is 2. The summed E-state index contributed by atoms with van der Waals surface area (Å²) in [5, 5.41) is 5.12. The van der Waals surface area contributed by atoms with Crippen molar-refractivity contribution in [1.29, 1.82) is 0 Å². The van der Waals surface area contributed by atoms with Gasteiger partial charge in [0.15, 0.2) is 6.61 Å². The molecule has 2 N–H and O–H groups in total. The van der Waals surface area contributed by atoms with Crippen LogP contribution >= 0.6 is 0 Å². The Kier molecular flexibility index (Phi) is 7.88. The Bertz CT molecular complexity index is 813. The van der Waals surface area contributed by atoms with Crippen LogP contribution in [0.4, 0.5) is 23.7 Å². The van der Waals surface area contributed by atoms with Gasteiger partial charge in [-0.25, -0.2) is 4.79 Å². The highest BCUT2D eigenvalue weighted by molar-refractivity contribution is 5.92. The highest BCUT2D eigenvalue weighted by Crippen LogP contribution is 2.26. The van der Waals surface area contributed by atoms with Crippen molar-refractivity contribution in [2.24, 2.45) is 0 Å². The lowest BCUT2D eigenvalue weighted by Gasteiger charge is -2.18. The molecule has 0 aliphatic heterocycles. The first kappa shape index (κ1) is 22.1. The van der Waals surface area contributed by atoms with Crippen molar-refractivity contribution in [3.63, 3.8) is 0 Å². The zero-order valence-corrected chi connectivity index (χ0v) is 15.8. The lowest BCUT2D eigenvalue weighted by Crippen LogP contribution is -2.38. The fourth-order valence-electron chi connectivity index (χ4n) is 2.42. The second-order valence-electron chi connectivity index (χ2n) is 6.27. The maximum Gasteiger partial charge on any atom is 0.422 e. The molecule has 0 aliphatic rings. The molecule has 0 aromatic heterocycles. The molecule has 0 atom stereocenters. The molecule has 2 aromatic rings. The van der Waals surface area contributed by atoms with Crippen LogP contribution < -0.4 is 15.4 Å². The molecule has 6 nitrogen and oxygen atoms in total. The van der Waals surface area contributed by atoms with Crippen LogP contribution in [0.2, 0.25) is 0 Å². The normalized spacial score (nSPS) is 10.9. The van der Waals surface area contributed by atoms with Gasteiger partial charge >= 0.3 is 12.2 Å². The first-order valence-corrected chi connectivity index (χ1v) is 8.86. The van der Waals surface area contributed by atoms with E-state index in [2.05, 4.69) is 10.6 Å². The molecule has 0 heterocycles. The average Bonchev–Trinajstić information content (AvgIpc) is 2.67. The van der Waals surface area contributed by atoms with Gasteiger partial charge in [-0.15, -0.1) is 0 Å². The van der Waals surface area contributed by atoms with Gasteiger partial charge in [-0.2, -0.15) is 13.2 Å². The van der Waals surface area contributed by atoms with Crippen LogP contribution in [0.1, 0.15) is 12.0 Å². The van der Waals surface area contributed by atoms with Gasteiger partial charge in [0, 0.05) is 26.6 Å². The molecule has 2 rings (SSSR count). The van der Waals surface area contributed by atoms with E-state index >= 15 is 0 Å². The number of alkyl halides is 3. The monoisotopic (exact) mass is 409 g/mol. The maximum atomic E-state index is 12.3. The summed E-state index contributed by atoms with van der Waals surface area (Å²) in [6.45, 7) is -0.956. The molecule has 9 heteroatoms. The zero-order chi connectivity index (χ0) is 21.3. The van der Waals surface area contributed by atoms with E-state index in [0.29, 0.717) is 6.54 Å². The fourth-order valence-corrected chi connectivity index (χ4v) is 2.42. The van der Waals surface area contributed by atoms with Crippen molar-refractivity contribution >= 4 is 17.6 Å². The molecule has 0 saturated carbocycles. The number of nitrogens with zero attached hydrogens (tertiary/aromatic N) is 1. The number of benzene rings is 2. The largest absolute Gasteiger partial charge is 0.482 e. The third-order valence-electron chi connectivity index (χ3n) is 3.79. The summed E-state index contributed by atoms with van der Waals surface area (Å²) >= 11 is 0. The zero-order valence-electron chi connectivity index (χ0n) is 15.8. The third kappa shape index (κ3) is 8.12. The lowest BCUT2D eigenvalue weighted by atomic mass is 10.2. The SMILES string of the molecule is CN(Cc1ccccc1)C(=O)NCCC(=O)Nc1ccccc1OCC(F)(F)F. The van der Waals surface area contributed by atoms with Crippen molar-refractivity contribution in [3.8, 4) is 5.75 Å². The number of urea groups is 1. The summed E-state index contributed by atoms with van der Waals surface area (Å²) in [6.07, 6.45) is -4.52. The standard InChI is InChI=1S/C20H22F3N3O3/c1-26(13-15-7-3-2-4-8-15)19(28)24-12-11-18(27)25-16-9-5-6-10-17(16)29-14-20(21,22)23/h2-10H,11-14H2,1H3,(H,24,28)(H,25,27). The lowest BCUT2D eigenvalue weighted by molar-refractivity contribution is -0.153. The molecule has 0 unspecified atom stereocenters. The number of halogens is 3. The van der Waals surface area contributed by atoms with Gasteiger partial charge in [0.25, 0.3) is 0 Å². The Hall–Kier alpha value is -3.23. The van der Waals surface area contributed by atoms with Gasteiger partial charge < -0.3 is 20.3 Å². The van der Waals surface area contributed by atoms with Crippen molar-refractivity contribution < 1.29 is 27.5 Å². The van der Waals surface area contributed by atoms with Crippen LogP contribution in [0.25, 0.3) is 0 Å². The van der Waals surface area contributed by atoms with Gasteiger partial charge in [0.2, 0.25) is 5.91 Å². The number of hydrogen-bond donors (Lipinski definition) is 2. The number of amides is 3. The number of ether oxygens (including phenoxy) is 1. The minimum atomic E-state index is -4.48. The Morgan fingerprint density at radius 2 is 1.69 bits per heavy atom. The van der Waals surface area contributed by atoms with Crippen LogP contribution in [-0.2, 0) is 11.3 Å². The van der Waals surface area contributed by atoms with E-state index in [1.165, 1.54) is 23.1 Å². The number of hydrogen-bond acceptors (Lipinski definition) is 3. The molecule has 3 amide bonds. The molecule has 0 bridgehead atoms. The van der Waals surface area contributed by atoms with Crippen molar-refractivity contribution in [2.45, 2.75) is 19.1 Å². The average molecular weight is 409 g/mol. The Morgan fingerprint density at radius 3 is 2.38 bits per heavy atom. The quantitative estimate of drug-likeness (QED) is 0.697. The Balaban J connectivity index is 1.78. The second-order valence-corrected chi connectivity index (χ2v) is 6.27. The van der Waals surface area contributed by atoms with Crippen LogP contribution in [0, 0.1) is 0 Å². The summed E-state index contributed by atoms with van der Waals surface area (Å²) in [4.78, 5) is 25.6. The van der Waals surface area contributed by atoms with Crippen LogP contribution in [0.3, 0.4) is 0 Å². The van der Waals surface area contributed by atoms with Crippen LogP contribution in [0.5, 0.6) is 5.75 Å². The third-order valence-corrected chi connectivity index (χ3v) is 3.79. The van der Waals surface area contributed by atoms with Crippen molar-refractivity contribution in [1.82, 2.24) is 10.2 Å². The Morgan fingerprint density at radius 1 is 1.03 bits per heavy atom. The molecule has 2 aromatic carbocycles. The molecule has 29 heavy (non-hydrogen) atoms. The number of anilines is 1. The molecule has 0 saturated heterocycles. The summed E-state index contributed by atoms with van der Waals surface area (Å²) in [5.41, 5.74) is 1.10. The fraction of sp³-hybridized carbons (Fsp3) is 0.300. The van der Waals surface area contributed by atoms with Crippen LogP contribution in [0.15, 0.2) is 54.6 Å². The molecule has 0 aliphatic carbocycles. The van der Waals surface area contributed by atoms with E-state index in [-0.39, 0.29) is 30.4 Å². The molecule has 0 radical (unpaired) electrons. The Labute approximate surface area is 166 Å². The summed E-state index contributed by atoms with van der Waals surface area (Å²) in [7, 11) is 1.64. The summed E-state index contributed by atoms with van der Waals surface area (Å²) < 4.78 is 41.7. The minimum Gasteiger partial charge on any atom is -0.482 e. The van der Waals surface area contributed by atoms with Crippen molar-refractivity contribution in [3.05, 3.63) is 60.2 Å². The van der Waals surface area contributed by atoms with Gasteiger partial charge in [-0.1, -0.05) is 42.5 Å². The van der Waals surface area contributed by atoms with E-state index in [0.717, 1.165) is 5.56 Å². The predicted octanol–water partition coefficient (Wildman–Crippen LogP) is 3.80. The molecule has 0 spiro atoms. The van der Waals surface area contributed by atoms with Crippen molar-refractivity contribution in [2.75, 3.05) is 25.5 Å². The van der Waals surface area contributed by atoms with E-state index in [9.17, 15) is 22.8 Å². The van der Waals surface area contributed by atoms with Crippen LogP contribution in [-0.4, -0.2) is 43.2 Å². The second kappa shape index (κ2) is 10.4. The van der Waals surface area contributed by atoms with Gasteiger partial charge in [0.1, 0.15) is 5.75 Å². The van der Waals surface area contributed by atoms with Gasteiger partial charge in [0.05, 0.1) is 5.69 Å².